The average Bonchev–Trinajstić information content (AvgIpc) is 3.34. The van der Waals surface area contributed by atoms with Crippen LogP contribution in [0, 0.1) is 11.8 Å². The molecule has 3 fully saturated rings. The van der Waals surface area contributed by atoms with E-state index in [2.05, 4.69) is 0 Å². The van der Waals surface area contributed by atoms with Gasteiger partial charge in [-0.15, -0.1) is 0 Å². The standard InChI is InChI=1S/C22H36O6/c1-5-15-11-17-7-9-20(25-17)14(4)22(24)28-16(6-2)12-18-8-10-19(26-18)13(3)21(23)27-15/h13-20H,5-12H2,1-4H3/t13-,14-,15-,16+,17-,18+,19-,20+/m1/s1. The van der Waals surface area contributed by atoms with Crippen molar-refractivity contribution in [3.05, 3.63) is 0 Å². The predicted molar refractivity (Wildman–Crippen MR) is 104 cm³/mol. The second kappa shape index (κ2) is 9.57. The first kappa shape index (κ1) is 21.6. The second-order valence-corrected chi connectivity index (χ2v) is 8.73. The summed E-state index contributed by atoms with van der Waals surface area (Å²) in [4.78, 5) is 25.3. The van der Waals surface area contributed by atoms with E-state index in [0.717, 1.165) is 38.5 Å². The summed E-state index contributed by atoms with van der Waals surface area (Å²) >= 11 is 0. The maximum absolute atomic E-state index is 12.7. The van der Waals surface area contributed by atoms with Gasteiger partial charge in [-0.05, 0) is 52.4 Å². The first-order chi connectivity index (χ1) is 13.4. The van der Waals surface area contributed by atoms with Gasteiger partial charge in [0.15, 0.2) is 0 Å². The predicted octanol–water partition coefficient (Wildman–Crippen LogP) is 3.79. The molecule has 160 valence electrons. The summed E-state index contributed by atoms with van der Waals surface area (Å²) < 4.78 is 23.9. The van der Waals surface area contributed by atoms with E-state index in [1.807, 2.05) is 27.7 Å². The van der Waals surface area contributed by atoms with Crippen molar-refractivity contribution in [1.29, 1.82) is 0 Å². The van der Waals surface area contributed by atoms with Crippen molar-refractivity contribution in [2.24, 2.45) is 11.8 Å². The van der Waals surface area contributed by atoms with Crippen LogP contribution < -0.4 is 0 Å². The van der Waals surface area contributed by atoms with Gasteiger partial charge >= 0.3 is 11.9 Å². The lowest BCUT2D eigenvalue weighted by molar-refractivity contribution is -0.164. The first-order valence-electron chi connectivity index (χ1n) is 11.1. The molecule has 3 aliphatic rings. The normalized spacial score (nSPS) is 42.9. The van der Waals surface area contributed by atoms with Gasteiger partial charge in [-0.3, -0.25) is 9.59 Å². The molecule has 0 saturated carbocycles. The summed E-state index contributed by atoms with van der Waals surface area (Å²) in [5, 5.41) is 0. The van der Waals surface area contributed by atoms with E-state index in [-0.39, 0.29) is 60.4 Å². The van der Waals surface area contributed by atoms with Gasteiger partial charge in [0.2, 0.25) is 0 Å². The SMILES string of the molecule is CC[C@H]1C[C@@H]2CC[C@@H](O2)[C@@H](C)C(=O)O[C@H](CC)C[C@H]2CC[C@H](O2)[C@@H](C)C(=O)O1. The third-order valence-corrected chi connectivity index (χ3v) is 6.67. The Morgan fingerprint density at radius 3 is 1.46 bits per heavy atom. The molecule has 3 rings (SSSR count). The quantitative estimate of drug-likeness (QED) is 0.662. The van der Waals surface area contributed by atoms with Crippen LogP contribution in [0.3, 0.4) is 0 Å². The Kier molecular flexibility index (Phi) is 7.37. The molecule has 0 amide bonds. The van der Waals surface area contributed by atoms with Crippen LogP contribution in [-0.2, 0) is 28.5 Å². The van der Waals surface area contributed by atoms with Crippen LogP contribution in [0.5, 0.6) is 0 Å². The Labute approximate surface area is 168 Å². The van der Waals surface area contributed by atoms with Crippen molar-refractivity contribution in [3.8, 4) is 0 Å². The van der Waals surface area contributed by atoms with Crippen LogP contribution in [0.2, 0.25) is 0 Å². The molecule has 0 N–H and O–H groups in total. The third kappa shape index (κ3) is 5.07. The van der Waals surface area contributed by atoms with Gasteiger partial charge in [0, 0.05) is 12.8 Å². The van der Waals surface area contributed by atoms with Crippen LogP contribution in [0.15, 0.2) is 0 Å². The fourth-order valence-electron chi connectivity index (χ4n) is 4.58. The molecule has 0 aromatic carbocycles. The van der Waals surface area contributed by atoms with E-state index < -0.39 is 0 Å². The zero-order valence-corrected chi connectivity index (χ0v) is 17.7. The van der Waals surface area contributed by atoms with Crippen LogP contribution in [0.1, 0.15) is 79.1 Å². The lowest BCUT2D eigenvalue weighted by Gasteiger charge is -2.27. The number of cyclic esters (lactones) is 2. The molecule has 6 nitrogen and oxygen atoms in total. The summed E-state index contributed by atoms with van der Waals surface area (Å²) in [6.07, 6.45) is 5.81. The number of esters is 2. The van der Waals surface area contributed by atoms with Crippen molar-refractivity contribution in [3.63, 3.8) is 0 Å². The zero-order chi connectivity index (χ0) is 20.3. The molecule has 3 saturated heterocycles. The molecule has 3 heterocycles. The number of carbonyl (C=O) groups is 2. The van der Waals surface area contributed by atoms with E-state index >= 15 is 0 Å². The lowest BCUT2D eigenvalue weighted by Crippen LogP contribution is -2.35. The first-order valence-corrected chi connectivity index (χ1v) is 11.1. The van der Waals surface area contributed by atoms with Crippen LogP contribution in [-0.4, -0.2) is 48.6 Å². The molecule has 6 heteroatoms. The van der Waals surface area contributed by atoms with Crippen molar-refractivity contribution in [1.82, 2.24) is 0 Å². The van der Waals surface area contributed by atoms with E-state index in [0.29, 0.717) is 12.8 Å². The van der Waals surface area contributed by atoms with Crippen LogP contribution in [0.4, 0.5) is 0 Å². The van der Waals surface area contributed by atoms with Crippen molar-refractivity contribution < 1.29 is 28.5 Å². The van der Waals surface area contributed by atoms with Crippen LogP contribution in [0.25, 0.3) is 0 Å². The number of carbonyl (C=O) groups excluding carboxylic acids is 2. The number of hydrogen-bond donors (Lipinski definition) is 0. The number of hydrogen-bond acceptors (Lipinski definition) is 6. The van der Waals surface area contributed by atoms with Gasteiger partial charge in [-0.2, -0.15) is 0 Å². The molecule has 0 aromatic heterocycles. The highest BCUT2D eigenvalue weighted by molar-refractivity contribution is 5.73. The van der Waals surface area contributed by atoms with Crippen LogP contribution >= 0.6 is 0 Å². The number of rotatable bonds is 2. The topological polar surface area (TPSA) is 71.1 Å². The van der Waals surface area contributed by atoms with Crippen molar-refractivity contribution >= 4 is 11.9 Å². The summed E-state index contributed by atoms with van der Waals surface area (Å²) in [6.45, 7) is 7.85. The lowest BCUT2D eigenvalue weighted by atomic mass is 9.99. The van der Waals surface area contributed by atoms with Gasteiger partial charge in [0.05, 0.1) is 36.3 Å². The van der Waals surface area contributed by atoms with E-state index in [9.17, 15) is 9.59 Å². The van der Waals surface area contributed by atoms with E-state index in [4.69, 9.17) is 18.9 Å². The molecule has 0 spiro atoms. The Balaban J connectivity index is 1.75. The molecular weight excluding hydrogens is 360 g/mol. The maximum atomic E-state index is 12.7. The molecule has 8 atom stereocenters. The smallest absolute Gasteiger partial charge is 0.311 e. The van der Waals surface area contributed by atoms with Gasteiger partial charge in [0.1, 0.15) is 12.2 Å². The molecule has 28 heavy (non-hydrogen) atoms. The maximum Gasteiger partial charge on any atom is 0.311 e. The molecule has 3 aliphatic heterocycles. The fraction of sp³-hybridized carbons (Fsp3) is 0.909. The summed E-state index contributed by atoms with van der Waals surface area (Å²) in [5.74, 6) is -0.921. The number of ether oxygens (including phenoxy) is 4. The Morgan fingerprint density at radius 2 is 1.11 bits per heavy atom. The minimum atomic E-state index is -0.285. The summed E-state index contributed by atoms with van der Waals surface area (Å²) in [7, 11) is 0. The molecular formula is C22H36O6. The molecule has 0 unspecified atom stereocenters. The highest BCUT2D eigenvalue weighted by Gasteiger charge is 2.39. The number of fused-ring (bicyclic) bond motifs is 4. The van der Waals surface area contributed by atoms with E-state index in [1.54, 1.807) is 0 Å². The highest BCUT2D eigenvalue weighted by atomic mass is 16.6. The summed E-state index contributed by atoms with van der Waals surface area (Å²) in [5.41, 5.74) is 0. The fourth-order valence-corrected chi connectivity index (χ4v) is 4.58. The van der Waals surface area contributed by atoms with Gasteiger partial charge in [0.25, 0.3) is 0 Å². The van der Waals surface area contributed by atoms with Gasteiger partial charge < -0.3 is 18.9 Å². The van der Waals surface area contributed by atoms with E-state index in [1.165, 1.54) is 0 Å². The third-order valence-electron chi connectivity index (χ3n) is 6.67. The minimum Gasteiger partial charge on any atom is -0.462 e. The second-order valence-electron chi connectivity index (χ2n) is 8.73. The minimum absolute atomic E-state index is 0.0234. The van der Waals surface area contributed by atoms with Gasteiger partial charge in [-0.25, -0.2) is 0 Å². The van der Waals surface area contributed by atoms with Crippen molar-refractivity contribution in [2.45, 2.75) is 116 Å². The Hall–Kier alpha value is -1.14. The Morgan fingerprint density at radius 1 is 0.714 bits per heavy atom. The molecule has 4 bridgehead atoms. The summed E-state index contributed by atoms with van der Waals surface area (Å²) in [6, 6.07) is 0. The zero-order valence-electron chi connectivity index (χ0n) is 17.7. The average molecular weight is 397 g/mol. The largest absolute Gasteiger partial charge is 0.462 e. The highest BCUT2D eigenvalue weighted by Crippen LogP contribution is 2.33. The van der Waals surface area contributed by atoms with Gasteiger partial charge in [-0.1, -0.05) is 13.8 Å². The molecule has 0 aliphatic carbocycles. The molecule has 0 radical (unpaired) electrons. The Bertz CT molecular complexity index is 501. The van der Waals surface area contributed by atoms with Crippen molar-refractivity contribution in [2.75, 3.05) is 0 Å². The monoisotopic (exact) mass is 396 g/mol. The molecule has 0 aromatic rings.